The number of ether oxygens (including phenoxy) is 1. The summed E-state index contributed by atoms with van der Waals surface area (Å²) in [5, 5.41) is 8.77. The Morgan fingerprint density at radius 1 is 1.60 bits per heavy atom. The molecule has 0 spiro atoms. The summed E-state index contributed by atoms with van der Waals surface area (Å²) in [6.07, 6.45) is 0. The van der Waals surface area contributed by atoms with Crippen molar-refractivity contribution in [1.29, 1.82) is 5.26 Å². The fourth-order valence-corrected chi connectivity index (χ4v) is 1.27. The number of anilines is 1. The van der Waals surface area contributed by atoms with Crippen molar-refractivity contribution in [3.05, 3.63) is 23.3 Å². The third-order valence-corrected chi connectivity index (χ3v) is 1.98. The molecule has 0 amide bonds. The quantitative estimate of drug-likeness (QED) is 0.601. The second-order valence-electron chi connectivity index (χ2n) is 3.00. The predicted octanol–water partition coefficient (Wildman–Crippen LogP) is 1.74. The summed E-state index contributed by atoms with van der Waals surface area (Å²) in [6.45, 7) is 3.63. The van der Waals surface area contributed by atoms with E-state index in [2.05, 4.69) is 0 Å². The Kier molecular flexibility index (Phi) is 3.29. The molecular formula is C11H12N2O2. The van der Waals surface area contributed by atoms with Crippen molar-refractivity contribution in [2.45, 2.75) is 13.8 Å². The first kappa shape index (κ1) is 11.1. The maximum absolute atomic E-state index is 11.3. The Morgan fingerprint density at radius 3 is 2.73 bits per heavy atom. The van der Waals surface area contributed by atoms with E-state index < -0.39 is 0 Å². The topological polar surface area (TPSA) is 76.1 Å². The van der Waals surface area contributed by atoms with E-state index in [1.54, 1.807) is 13.0 Å². The molecule has 0 heterocycles. The van der Waals surface area contributed by atoms with Crippen LogP contribution in [0, 0.1) is 11.3 Å². The van der Waals surface area contributed by atoms with Gasteiger partial charge in [0.05, 0.1) is 23.4 Å². The van der Waals surface area contributed by atoms with Gasteiger partial charge in [0.2, 0.25) is 0 Å². The molecule has 78 valence electrons. The molecule has 0 saturated heterocycles. The average Bonchev–Trinajstić information content (AvgIpc) is 2.20. The monoisotopic (exact) mass is 204 g/mol. The van der Waals surface area contributed by atoms with Crippen LogP contribution in [0.4, 0.5) is 5.69 Å². The van der Waals surface area contributed by atoms with Crippen LogP contribution in [0.1, 0.15) is 29.8 Å². The van der Waals surface area contributed by atoms with Gasteiger partial charge < -0.3 is 10.5 Å². The lowest BCUT2D eigenvalue weighted by Crippen LogP contribution is -2.05. The molecule has 0 bridgehead atoms. The Labute approximate surface area is 88.3 Å². The van der Waals surface area contributed by atoms with Crippen molar-refractivity contribution in [3.8, 4) is 11.8 Å². The van der Waals surface area contributed by atoms with Gasteiger partial charge in [0.25, 0.3) is 0 Å². The van der Waals surface area contributed by atoms with Crippen LogP contribution in [0.2, 0.25) is 0 Å². The molecule has 15 heavy (non-hydrogen) atoms. The number of carbonyl (C=O) groups is 1. The van der Waals surface area contributed by atoms with E-state index in [4.69, 9.17) is 15.7 Å². The second kappa shape index (κ2) is 4.47. The molecule has 4 heteroatoms. The van der Waals surface area contributed by atoms with Crippen LogP contribution in [0.25, 0.3) is 0 Å². The van der Waals surface area contributed by atoms with Gasteiger partial charge in [-0.25, -0.2) is 0 Å². The number of nitrogens with zero attached hydrogens (tertiary/aromatic N) is 1. The molecule has 0 aromatic heterocycles. The lowest BCUT2D eigenvalue weighted by atomic mass is 10.1. The molecule has 1 rings (SSSR count). The van der Waals surface area contributed by atoms with Gasteiger partial charge in [-0.15, -0.1) is 0 Å². The summed E-state index contributed by atoms with van der Waals surface area (Å²) >= 11 is 0. The molecular weight excluding hydrogens is 192 g/mol. The Bertz CT molecular complexity index is 433. The van der Waals surface area contributed by atoms with E-state index in [1.807, 2.05) is 6.07 Å². The summed E-state index contributed by atoms with van der Waals surface area (Å²) in [4.78, 5) is 11.3. The largest absolute Gasteiger partial charge is 0.491 e. The highest BCUT2D eigenvalue weighted by atomic mass is 16.5. The normalized spacial score (nSPS) is 9.40. The number of hydrogen-bond acceptors (Lipinski definition) is 4. The van der Waals surface area contributed by atoms with Crippen molar-refractivity contribution >= 4 is 11.5 Å². The maximum atomic E-state index is 11.3. The number of nitrogen functional groups attached to an aromatic ring is 1. The number of nitrogens with two attached hydrogens (primary N) is 1. The zero-order valence-electron chi connectivity index (χ0n) is 8.70. The summed E-state index contributed by atoms with van der Waals surface area (Å²) in [7, 11) is 0. The molecule has 0 aliphatic heterocycles. The predicted molar refractivity (Wildman–Crippen MR) is 56.7 cm³/mol. The van der Waals surface area contributed by atoms with E-state index in [0.717, 1.165) is 0 Å². The molecule has 2 N–H and O–H groups in total. The van der Waals surface area contributed by atoms with Crippen LogP contribution in [-0.4, -0.2) is 12.4 Å². The van der Waals surface area contributed by atoms with E-state index >= 15 is 0 Å². The number of rotatable bonds is 3. The van der Waals surface area contributed by atoms with Gasteiger partial charge in [-0.1, -0.05) is 0 Å². The second-order valence-corrected chi connectivity index (χ2v) is 3.00. The van der Waals surface area contributed by atoms with Crippen molar-refractivity contribution in [2.75, 3.05) is 12.3 Å². The van der Waals surface area contributed by atoms with Crippen LogP contribution >= 0.6 is 0 Å². The summed E-state index contributed by atoms with van der Waals surface area (Å²) < 4.78 is 5.27. The molecule has 1 aromatic carbocycles. The van der Waals surface area contributed by atoms with Crippen LogP contribution in [0.5, 0.6) is 5.75 Å². The van der Waals surface area contributed by atoms with E-state index in [1.165, 1.54) is 13.0 Å². The Morgan fingerprint density at radius 2 is 2.27 bits per heavy atom. The fraction of sp³-hybridized carbons (Fsp3) is 0.273. The zero-order chi connectivity index (χ0) is 11.4. The van der Waals surface area contributed by atoms with Gasteiger partial charge in [0.15, 0.2) is 11.5 Å². The minimum absolute atomic E-state index is 0.130. The number of nitriles is 1. The van der Waals surface area contributed by atoms with E-state index in [-0.39, 0.29) is 11.5 Å². The first-order chi connectivity index (χ1) is 7.11. The smallest absolute Gasteiger partial charge is 0.163 e. The number of ketones is 1. The lowest BCUT2D eigenvalue weighted by Gasteiger charge is -2.11. The third kappa shape index (κ3) is 2.08. The fourth-order valence-electron chi connectivity index (χ4n) is 1.27. The maximum Gasteiger partial charge on any atom is 0.163 e. The molecule has 0 saturated carbocycles. The van der Waals surface area contributed by atoms with Gasteiger partial charge in [-0.05, 0) is 26.0 Å². The van der Waals surface area contributed by atoms with E-state index in [9.17, 15) is 4.79 Å². The summed E-state index contributed by atoms with van der Waals surface area (Å²) in [6, 6.07) is 5.02. The Balaban J connectivity index is 3.38. The van der Waals surface area contributed by atoms with Crippen LogP contribution in [-0.2, 0) is 0 Å². The van der Waals surface area contributed by atoms with Gasteiger partial charge in [0, 0.05) is 0 Å². The van der Waals surface area contributed by atoms with Crippen molar-refractivity contribution in [3.63, 3.8) is 0 Å². The van der Waals surface area contributed by atoms with Gasteiger partial charge in [-0.3, -0.25) is 4.79 Å². The van der Waals surface area contributed by atoms with Crippen LogP contribution in [0.15, 0.2) is 12.1 Å². The number of hydrogen-bond donors (Lipinski definition) is 1. The van der Waals surface area contributed by atoms with Crippen molar-refractivity contribution in [1.82, 2.24) is 0 Å². The standard InChI is InChI=1S/C11H12N2O2/c1-3-15-11-9(7(2)14)5-4-8(6-12)10(11)13/h4-5H,3,13H2,1-2H3. The molecule has 0 aliphatic rings. The lowest BCUT2D eigenvalue weighted by molar-refractivity contribution is 0.101. The molecule has 0 fully saturated rings. The number of Topliss-reactive ketones (excluding diaryl/α,β-unsaturated/α-hetero) is 1. The summed E-state index contributed by atoms with van der Waals surface area (Å²) in [5.74, 6) is 0.179. The highest BCUT2D eigenvalue weighted by Gasteiger charge is 2.14. The third-order valence-electron chi connectivity index (χ3n) is 1.98. The highest BCUT2D eigenvalue weighted by molar-refractivity contribution is 5.99. The Hall–Kier alpha value is -2.02. The highest BCUT2D eigenvalue weighted by Crippen LogP contribution is 2.30. The van der Waals surface area contributed by atoms with Crippen LogP contribution < -0.4 is 10.5 Å². The first-order valence-corrected chi connectivity index (χ1v) is 4.58. The van der Waals surface area contributed by atoms with Gasteiger partial charge in [0.1, 0.15) is 6.07 Å². The molecule has 0 aliphatic carbocycles. The SMILES string of the molecule is CCOc1c(C(C)=O)ccc(C#N)c1N. The average molecular weight is 204 g/mol. The molecule has 0 atom stereocenters. The molecule has 1 aromatic rings. The first-order valence-electron chi connectivity index (χ1n) is 4.58. The van der Waals surface area contributed by atoms with Crippen molar-refractivity contribution < 1.29 is 9.53 Å². The van der Waals surface area contributed by atoms with Gasteiger partial charge in [-0.2, -0.15) is 5.26 Å². The minimum atomic E-state index is -0.130. The van der Waals surface area contributed by atoms with Crippen molar-refractivity contribution in [2.24, 2.45) is 0 Å². The van der Waals surface area contributed by atoms with Gasteiger partial charge >= 0.3 is 0 Å². The minimum Gasteiger partial charge on any atom is -0.491 e. The zero-order valence-corrected chi connectivity index (χ0v) is 8.70. The summed E-state index contributed by atoms with van der Waals surface area (Å²) in [5.41, 5.74) is 6.68. The number of carbonyl (C=O) groups excluding carboxylic acids is 1. The number of benzene rings is 1. The molecule has 0 radical (unpaired) electrons. The molecule has 0 unspecified atom stereocenters. The van der Waals surface area contributed by atoms with E-state index in [0.29, 0.717) is 23.5 Å². The van der Waals surface area contributed by atoms with Crippen LogP contribution in [0.3, 0.4) is 0 Å². The molecule has 4 nitrogen and oxygen atoms in total.